The number of carbonyl (C=O) groups is 1. The number of anilines is 1. The number of aromatic nitrogens is 6. The second-order valence-corrected chi connectivity index (χ2v) is 9.28. The molecule has 9 heteroatoms. The van der Waals surface area contributed by atoms with Gasteiger partial charge < -0.3 is 10.3 Å². The number of amides is 1. The van der Waals surface area contributed by atoms with Crippen molar-refractivity contribution in [3.05, 3.63) is 115 Å². The first-order valence-corrected chi connectivity index (χ1v) is 12.5. The molecule has 0 spiro atoms. The van der Waals surface area contributed by atoms with Gasteiger partial charge in [-0.05, 0) is 60.7 Å². The van der Waals surface area contributed by atoms with Gasteiger partial charge in [-0.3, -0.25) is 24.8 Å². The van der Waals surface area contributed by atoms with E-state index in [0.717, 1.165) is 50.0 Å². The molecule has 0 fully saturated rings. The van der Waals surface area contributed by atoms with E-state index in [9.17, 15) is 9.18 Å². The first kappa shape index (κ1) is 23.4. The molecule has 7 aromatic rings. The highest BCUT2D eigenvalue weighted by atomic mass is 19.1. The van der Waals surface area contributed by atoms with Gasteiger partial charge in [-0.1, -0.05) is 18.2 Å². The smallest absolute Gasteiger partial charge is 0.255 e. The lowest BCUT2D eigenvalue weighted by molar-refractivity contribution is 0.102. The molecule has 5 heterocycles. The number of rotatable bonds is 5. The summed E-state index contributed by atoms with van der Waals surface area (Å²) in [7, 11) is 0. The first-order valence-electron chi connectivity index (χ1n) is 12.5. The van der Waals surface area contributed by atoms with Crippen LogP contribution in [0.25, 0.3) is 55.7 Å². The molecule has 0 aliphatic rings. The summed E-state index contributed by atoms with van der Waals surface area (Å²) in [4.78, 5) is 29.5. The second-order valence-electron chi connectivity index (χ2n) is 9.28. The minimum atomic E-state index is -0.294. The number of nitrogens with one attached hydrogen (secondary N) is 3. The zero-order valence-electron chi connectivity index (χ0n) is 20.9. The molecule has 192 valence electrons. The molecular formula is C31H20FN7O. The van der Waals surface area contributed by atoms with Gasteiger partial charge in [0.1, 0.15) is 11.5 Å². The maximum Gasteiger partial charge on any atom is 0.255 e. The highest BCUT2D eigenvalue weighted by Crippen LogP contribution is 2.34. The maximum atomic E-state index is 13.5. The Morgan fingerprint density at radius 2 is 1.60 bits per heavy atom. The van der Waals surface area contributed by atoms with Crippen molar-refractivity contribution >= 4 is 33.4 Å². The molecule has 0 unspecified atom stereocenters. The van der Waals surface area contributed by atoms with Gasteiger partial charge in [-0.25, -0.2) is 4.39 Å². The molecule has 0 aliphatic carbocycles. The fourth-order valence-corrected chi connectivity index (χ4v) is 4.74. The van der Waals surface area contributed by atoms with E-state index in [-0.39, 0.29) is 11.7 Å². The van der Waals surface area contributed by atoms with Crippen molar-refractivity contribution in [3.8, 4) is 33.9 Å². The predicted octanol–water partition coefficient (Wildman–Crippen LogP) is 6.62. The van der Waals surface area contributed by atoms with Gasteiger partial charge in [0.05, 0.1) is 40.7 Å². The largest absolute Gasteiger partial charge is 0.353 e. The highest BCUT2D eigenvalue weighted by molar-refractivity contribution is 6.04. The quantitative estimate of drug-likeness (QED) is 0.234. The summed E-state index contributed by atoms with van der Waals surface area (Å²) in [6.45, 7) is 0. The summed E-state index contributed by atoms with van der Waals surface area (Å²) in [5.41, 5.74) is 7.33. The minimum Gasteiger partial charge on any atom is -0.353 e. The number of hydrogen-bond acceptors (Lipinski definition) is 5. The van der Waals surface area contributed by atoms with E-state index in [1.54, 1.807) is 49.1 Å². The van der Waals surface area contributed by atoms with Gasteiger partial charge >= 0.3 is 0 Å². The molecule has 5 aromatic heterocycles. The van der Waals surface area contributed by atoms with E-state index in [1.165, 1.54) is 12.1 Å². The fourth-order valence-electron chi connectivity index (χ4n) is 4.74. The zero-order valence-corrected chi connectivity index (χ0v) is 20.9. The lowest BCUT2D eigenvalue weighted by Crippen LogP contribution is -2.11. The van der Waals surface area contributed by atoms with E-state index in [1.807, 2.05) is 42.5 Å². The van der Waals surface area contributed by atoms with Crippen LogP contribution in [-0.4, -0.2) is 36.0 Å². The van der Waals surface area contributed by atoms with E-state index < -0.39 is 0 Å². The van der Waals surface area contributed by atoms with E-state index in [2.05, 4.69) is 35.5 Å². The van der Waals surface area contributed by atoms with Crippen LogP contribution in [0.5, 0.6) is 0 Å². The van der Waals surface area contributed by atoms with Gasteiger partial charge in [0, 0.05) is 45.4 Å². The Hall–Kier alpha value is -5.70. The summed E-state index contributed by atoms with van der Waals surface area (Å²) in [6.07, 6.45) is 6.76. The Balaban J connectivity index is 1.25. The second kappa shape index (κ2) is 9.55. The number of pyridine rings is 3. The third-order valence-corrected chi connectivity index (χ3v) is 6.70. The van der Waals surface area contributed by atoms with Crippen molar-refractivity contribution in [2.75, 3.05) is 5.32 Å². The van der Waals surface area contributed by atoms with Gasteiger partial charge in [0.15, 0.2) is 0 Å². The monoisotopic (exact) mass is 525 g/mol. The standard InChI is InChI=1S/C31H20FN7O/c32-21-8-6-18(7-9-21)29-23-14-27(37-25(23)10-11-34-29)30-24-13-26(35-17-28(24)38-39-30)20-12-22(16-33-15-20)36-31(40)19-4-2-1-3-5-19/h1-17,37H,(H,36,40)(H,38,39). The molecule has 1 amide bonds. The molecule has 8 nitrogen and oxygen atoms in total. The van der Waals surface area contributed by atoms with Gasteiger partial charge in [0.2, 0.25) is 0 Å². The number of fused-ring (bicyclic) bond motifs is 2. The van der Waals surface area contributed by atoms with Gasteiger partial charge in [0.25, 0.3) is 5.91 Å². The van der Waals surface area contributed by atoms with Gasteiger partial charge in [-0.2, -0.15) is 5.10 Å². The molecular weight excluding hydrogens is 505 g/mol. The number of nitrogens with zero attached hydrogens (tertiary/aromatic N) is 4. The SMILES string of the molecule is O=C(Nc1cncc(-c2cc3c(-c4cc5c(-c6ccc(F)cc6)nccc5[nH]4)n[nH]c3cn2)c1)c1ccccc1. The summed E-state index contributed by atoms with van der Waals surface area (Å²) < 4.78 is 13.5. The van der Waals surface area contributed by atoms with Gasteiger partial charge in [-0.15, -0.1) is 0 Å². The molecule has 0 saturated carbocycles. The number of H-pyrrole nitrogens is 2. The van der Waals surface area contributed by atoms with E-state index in [0.29, 0.717) is 16.9 Å². The lowest BCUT2D eigenvalue weighted by Gasteiger charge is -2.07. The van der Waals surface area contributed by atoms with Crippen molar-refractivity contribution in [3.63, 3.8) is 0 Å². The minimum absolute atomic E-state index is 0.214. The van der Waals surface area contributed by atoms with Crippen molar-refractivity contribution in [2.45, 2.75) is 0 Å². The van der Waals surface area contributed by atoms with Crippen LogP contribution in [0, 0.1) is 5.82 Å². The Morgan fingerprint density at radius 3 is 2.45 bits per heavy atom. The Kier molecular flexibility index (Phi) is 5.59. The predicted molar refractivity (Wildman–Crippen MR) is 152 cm³/mol. The number of aromatic amines is 2. The molecule has 3 N–H and O–H groups in total. The highest BCUT2D eigenvalue weighted by Gasteiger charge is 2.16. The Labute approximate surface area is 227 Å². The maximum absolute atomic E-state index is 13.5. The van der Waals surface area contributed by atoms with Crippen molar-refractivity contribution in [1.29, 1.82) is 0 Å². The summed E-state index contributed by atoms with van der Waals surface area (Å²) in [6, 6.07) is 23.0. The average Bonchev–Trinajstić information content (AvgIpc) is 3.62. The molecule has 0 radical (unpaired) electrons. The molecule has 40 heavy (non-hydrogen) atoms. The van der Waals surface area contributed by atoms with Crippen molar-refractivity contribution in [1.82, 2.24) is 30.1 Å². The fraction of sp³-hybridized carbons (Fsp3) is 0. The summed E-state index contributed by atoms with van der Waals surface area (Å²) in [5.74, 6) is -0.509. The molecule has 7 rings (SSSR count). The first-order chi connectivity index (χ1) is 19.6. The van der Waals surface area contributed by atoms with Crippen LogP contribution >= 0.6 is 0 Å². The van der Waals surface area contributed by atoms with Crippen LogP contribution in [0.1, 0.15) is 10.4 Å². The van der Waals surface area contributed by atoms with Crippen LogP contribution in [-0.2, 0) is 0 Å². The Bertz CT molecular complexity index is 2010. The molecule has 0 atom stereocenters. The lowest BCUT2D eigenvalue weighted by atomic mass is 10.1. The van der Waals surface area contributed by atoms with E-state index >= 15 is 0 Å². The summed E-state index contributed by atoms with van der Waals surface area (Å²) in [5, 5.41) is 12.3. The van der Waals surface area contributed by atoms with Crippen LogP contribution in [0.2, 0.25) is 0 Å². The molecule has 0 bridgehead atoms. The molecule has 2 aromatic carbocycles. The topological polar surface area (TPSA) is 112 Å². The Morgan fingerprint density at radius 1 is 0.775 bits per heavy atom. The average molecular weight is 526 g/mol. The summed E-state index contributed by atoms with van der Waals surface area (Å²) >= 11 is 0. The van der Waals surface area contributed by atoms with Crippen LogP contribution in [0.4, 0.5) is 10.1 Å². The number of carbonyl (C=O) groups excluding carboxylic acids is 1. The third-order valence-electron chi connectivity index (χ3n) is 6.70. The zero-order chi connectivity index (χ0) is 27.1. The van der Waals surface area contributed by atoms with Crippen molar-refractivity contribution in [2.24, 2.45) is 0 Å². The number of hydrogen-bond donors (Lipinski definition) is 3. The number of benzene rings is 2. The third kappa shape index (κ3) is 4.25. The molecule has 0 aliphatic heterocycles. The van der Waals surface area contributed by atoms with Crippen LogP contribution in [0.3, 0.4) is 0 Å². The number of halogens is 1. The normalized spacial score (nSPS) is 11.2. The van der Waals surface area contributed by atoms with Crippen molar-refractivity contribution < 1.29 is 9.18 Å². The van der Waals surface area contributed by atoms with Crippen LogP contribution in [0.15, 0.2) is 104 Å². The van der Waals surface area contributed by atoms with E-state index in [4.69, 9.17) is 0 Å². The van der Waals surface area contributed by atoms with Crippen LogP contribution < -0.4 is 5.32 Å². The molecule has 0 saturated heterocycles.